The lowest BCUT2D eigenvalue weighted by Gasteiger charge is -2.33. The monoisotopic (exact) mass is 152 g/mol. The Labute approximate surface area is 68.5 Å². The smallest absolute Gasteiger partial charge is 0.164 e. The second-order valence-electron chi connectivity index (χ2n) is 4.07. The molecule has 1 unspecified atom stereocenters. The zero-order valence-electron chi connectivity index (χ0n) is 7.77. The minimum atomic E-state index is -0.140. The van der Waals surface area contributed by atoms with Crippen LogP contribution in [0.2, 0.25) is 0 Å². The van der Waals surface area contributed by atoms with E-state index in [9.17, 15) is 4.79 Å². The number of ketones is 1. The maximum absolute atomic E-state index is 11.6. The van der Waals surface area contributed by atoms with Crippen molar-refractivity contribution in [3.8, 4) is 0 Å². The van der Waals surface area contributed by atoms with Crippen LogP contribution in [0.4, 0.5) is 0 Å². The minimum Gasteiger partial charge on any atom is -0.294 e. The van der Waals surface area contributed by atoms with Crippen LogP contribution in [0.15, 0.2) is 11.6 Å². The largest absolute Gasteiger partial charge is 0.294 e. The van der Waals surface area contributed by atoms with Gasteiger partial charge in [0.25, 0.3) is 0 Å². The van der Waals surface area contributed by atoms with E-state index >= 15 is 0 Å². The van der Waals surface area contributed by atoms with Crippen molar-refractivity contribution in [2.24, 2.45) is 11.3 Å². The molecule has 1 nitrogen and oxygen atoms in total. The summed E-state index contributed by atoms with van der Waals surface area (Å²) in [5.74, 6) is 0.801. The van der Waals surface area contributed by atoms with E-state index in [2.05, 4.69) is 13.0 Å². The van der Waals surface area contributed by atoms with Gasteiger partial charge in [-0.2, -0.15) is 0 Å². The molecule has 0 N–H and O–H groups in total. The Morgan fingerprint density at radius 2 is 2.09 bits per heavy atom. The average Bonchev–Trinajstić information content (AvgIpc) is 1.95. The van der Waals surface area contributed by atoms with E-state index in [0.717, 1.165) is 12.0 Å². The Morgan fingerprint density at radius 3 is 2.55 bits per heavy atom. The highest BCUT2D eigenvalue weighted by atomic mass is 16.1. The second-order valence-corrected chi connectivity index (χ2v) is 4.07. The van der Waals surface area contributed by atoms with Gasteiger partial charge < -0.3 is 0 Å². The summed E-state index contributed by atoms with van der Waals surface area (Å²) in [5.41, 5.74) is 0.798. The van der Waals surface area contributed by atoms with Crippen LogP contribution in [0.5, 0.6) is 0 Å². The normalized spacial score (nSPS) is 30.0. The summed E-state index contributed by atoms with van der Waals surface area (Å²) in [6.07, 6.45) is 3.10. The molecule has 0 saturated carbocycles. The number of rotatable bonds is 0. The van der Waals surface area contributed by atoms with Crippen molar-refractivity contribution in [2.45, 2.75) is 34.1 Å². The molecule has 62 valence electrons. The molecule has 1 atom stereocenters. The highest BCUT2D eigenvalue weighted by Gasteiger charge is 2.36. The van der Waals surface area contributed by atoms with E-state index in [1.54, 1.807) is 0 Å². The third-order valence-corrected chi connectivity index (χ3v) is 2.95. The SMILES string of the molecule is CC1=CCC(C)C(C)(C)C1=O. The quantitative estimate of drug-likeness (QED) is 0.521. The van der Waals surface area contributed by atoms with Crippen LogP contribution in [0.1, 0.15) is 34.1 Å². The number of allylic oxidation sites excluding steroid dienone is 2. The third-order valence-electron chi connectivity index (χ3n) is 2.95. The van der Waals surface area contributed by atoms with Gasteiger partial charge in [0.15, 0.2) is 5.78 Å². The molecule has 0 aromatic carbocycles. The molecule has 0 spiro atoms. The lowest BCUT2D eigenvalue weighted by molar-refractivity contribution is -0.126. The van der Waals surface area contributed by atoms with E-state index in [0.29, 0.717) is 11.7 Å². The molecule has 0 heterocycles. The summed E-state index contributed by atoms with van der Waals surface area (Å²) in [4.78, 5) is 11.6. The molecule has 0 saturated heterocycles. The molecule has 0 bridgehead atoms. The van der Waals surface area contributed by atoms with E-state index in [4.69, 9.17) is 0 Å². The average molecular weight is 152 g/mol. The van der Waals surface area contributed by atoms with Crippen LogP contribution >= 0.6 is 0 Å². The zero-order chi connectivity index (χ0) is 8.65. The highest BCUT2D eigenvalue weighted by molar-refractivity contribution is 5.99. The van der Waals surface area contributed by atoms with E-state index < -0.39 is 0 Å². The molecule has 0 radical (unpaired) electrons. The first kappa shape index (κ1) is 8.51. The van der Waals surface area contributed by atoms with E-state index in [1.807, 2.05) is 20.8 Å². The van der Waals surface area contributed by atoms with Crippen LogP contribution in [0.3, 0.4) is 0 Å². The van der Waals surface area contributed by atoms with Crippen molar-refractivity contribution in [3.63, 3.8) is 0 Å². The predicted molar refractivity (Wildman–Crippen MR) is 46.3 cm³/mol. The Bertz CT molecular complexity index is 211. The summed E-state index contributed by atoms with van der Waals surface area (Å²) in [7, 11) is 0. The first-order valence-electron chi connectivity index (χ1n) is 4.18. The molecule has 0 aromatic rings. The summed E-state index contributed by atoms with van der Waals surface area (Å²) in [5, 5.41) is 0. The highest BCUT2D eigenvalue weighted by Crippen LogP contribution is 2.36. The van der Waals surface area contributed by atoms with Crippen molar-refractivity contribution in [1.29, 1.82) is 0 Å². The van der Waals surface area contributed by atoms with Crippen molar-refractivity contribution < 1.29 is 4.79 Å². The Kier molecular flexibility index (Phi) is 1.91. The van der Waals surface area contributed by atoms with Crippen molar-refractivity contribution in [2.75, 3.05) is 0 Å². The minimum absolute atomic E-state index is 0.140. The Balaban J connectivity index is 2.99. The lowest BCUT2D eigenvalue weighted by atomic mass is 9.69. The maximum atomic E-state index is 11.6. The molecule has 1 heteroatoms. The topological polar surface area (TPSA) is 17.1 Å². The Morgan fingerprint density at radius 1 is 1.55 bits per heavy atom. The molecular formula is C10H16O. The second kappa shape index (κ2) is 2.47. The van der Waals surface area contributed by atoms with Crippen LogP contribution in [-0.4, -0.2) is 5.78 Å². The number of carbonyl (C=O) groups excluding carboxylic acids is 1. The van der Waals surface area contributed by atoms with Crippen molar-refractivity contribution >= 4 is 5.78 Å². The molecule has 0 aliphatic heterocycles. The summed E-state index contributed by atoms with van der Waals surface area (Å²) in [6.45, 7) is 8.13. The molecule has 1 aliphatic carbocycles. The summed E-state index contributed by atoms with van der Waals surface area (Å²) < 4.78 is 0. The number of hydrogen-bond donors (Lipinski definition) is 0. The van der Waals surface area contributed by atoms with E-state index in [1.165, 1.54) is 0 Å². The van der Waals surface area contributed by atoms with Gasteiger partial charge in [-0.15, -0.1) is 0 Å². The van der Waals surface area contributed by atoms with Gasteiger partial charge in [0.05, 0.1) is 0 Å². The first-order valence-corrected chi connectivity index (χ1v) is 4.18. The fourth-order valence-electron chi connectivity index (χ4n) is 1.47. The van der Waals surface area contributed by atoms with Gasteiger partial charge in [-0.1, -0.05) is 26.8 Å². The standard InChI is InChI=1S/C10H16O/c1-7-5-6-8(2)10(3,4)9(7)11/h5,8H,6H2,1-4H3. The Hall–Kier alpha value is -0.590. The van der Waals surface area contributed by atoms with Gasteiger partial charge in [-0.3, -0.25) is 4.79 Å². The van der Waals surface area contributed by atoms with E-state index in [-0.39, 0.29) is 5.41 Å². The van der Waals surface area contributed by atoms with Gasteiger partial charge in [0.1, 0.15) is 0 Å². The molecular weight excluding hydrogens is 136 g/mol. The van der Waals surface area contributed by atoms with Gasteiger partial charge in [-0.05, 0) is 24.8 Å². The lowest BCUT2D eigenvalue weighted by Crippen LogP contribution is -2.34. The maximum Gasteiger partial charge on any atom is 0.164 e. The third kappa shape index (κ3) is 1.24. The molecule has 1 rings (SSSR count). The molecule has 11 heavy (non-hydrogen) atoms. The summed E-state index contributed by atoms with van der Waals surface area (Å²) >= 11 is 0. The number of Topliss-reactive ketones (excluding diaryl/α,β-unsaturated/α-hetero) is 1. The van der Waals surface area contributed by atoms with Crippen LogP contribution in [-0.2, 0) is 4.79 Å². The zero-order valence-corrected chi connectivity index (χ0v) is 7.77. The van der Waals surface area contributed by atoms with Gasteiger partial charge in [0, 0.05) is 5.41 Å². The van der Waals surface area contributed by atoms with Crippen molar-refractivity contribution in [3.05, 3.63) is 11.6 Å². The number of hydrogen-bond acceptors (Lipinski definition) is 1. The fraction of sp³-hybridized carbons (Fsp3) is 0.700. The molecule has 0 fully saturated rings. The number of carbonyl (C=O) groups is 1. The predicted octanol–water partition coefficient (Wildman–Crippen LogP) is 2.57. The fourth-order valence-corrected chi connectivity index (χ4v) is 1.47. The van der Waals surface area contributed by atoms with Crippen LogP contribution < -0.4 is 0 Å². The molecule has 0 aromatic heterocycles. The van der Waals surface area contributed by atoms with Crippen molar-refractivity contribution in [1.82, 2.24) is 0 Å². The molecule has 1 aliphatic rings. The van der Waals surface area contributed by atoms with Gasteiger partial charge >= 0.3 is 0 Å². The van der Waals surface area contributed by atoms with Crippen LogP contribution in [0, 0.1) is 11.3 Å². The first-order chi connectivity index (χ1) is 4.96. The van der Waals surface area contributed by atoms with Crippen LogP contribution in [0.25, 0.3) is 0 Å². The van der Waals surface area contributed by atoms with Gasteiger partial charge in [0.2, 0.25) is 0 Å². The van der Waals surface area contributed by atoms with Gasteiger partial charge in [-0.25, -0.2) is 0 Å². The molecule has 0 amide bonds. The summed E-state index contributed by atoms with van der Waals surface area (Å²) in [6, 6.07) is 0.